The van der Waals surface area contributed by atoms with E-state index in [1.807, 2.05) is 0 Å². The van der Waals surface area contributed by atoms with Gasteiger partial charge in [0.15, 0.2) is 0 Å². The van der Waals surface area contributed by atoms with Crippen LogP contribution in [0.4, 0.5) is 68.2 Å². The molecule has 0 saturated carbocycles. The van der Waals surface area contributed by atoms with Crippen LogP contribution in [-0.2, 0) is 0 Å². The minimum Gasteiger partial charge on any atom is -0.306 e. The van der Waals surface area contributed by atoms with Crippen molar-refractivity contribution in [2.75, 3.05) is 19.6 Å². The first-order valence-corrected chi connectivity index (χ1v) is 28.3. The molecule has 17 rings (SSSR count). The SMILES string of the molecule is c1ccc2c(c1)N(c1ccc3c(-c4cccc5ccccc45)c4cc(N5c6ccccc6N(c6cccc7ccccc67)c6ccccc65)ccc4c(-c4cccc5ccccc45)c3c1)c1ccccc1N2c1cccc2ccccc12. The van der Waals surface area contributed by atoms with Crippen LogP contribution >= 0.6 is 0 Å². The maximum absolute atomic E-state index is 2.48. The Kier molecular flexibility index (Phi) is 10.3. The Labute approximate surface area is 475 Å². The highest BCUT2D eigenvalue weighted by Crippen LogP contribution is 2.59. The molecule has 15 aromatic carbocycles. The minimum absolute atomic E-state index is 1.09. The highest BCUT2D eigenvalue weighted by Gasteiger charge is 2.34. The summed E-state index contributed by atoms with van der Waals surface area (Å²) in [5.74, 6) is 0. The van der Waals surface area contributed by atoms with Gasteiger partial charge in [0.1, 0.15) is 0 Å². The Morgan fingerprint density at radius 1 is 0.159 bits per heavy atom. The second-order valence-electron chi connectivity index (χ2n) is 21.6. The molecule has 382 valence electrons. The molecule has 2 heterocycles. The van der Waals surface area contributed by atoms with Gasteiger partial charge in [0.05, 0.1) is 56.9 Å². The van der Waals surface area contributed by atoms with E-state index in [9.17, 15) is 0 Å². The number of benzene rings is 15. The average molecular weight is 1040 g/mol. The van der Waals surface area contributed by atoms with Gasteiger partial charge in [-0.1, -0.05) is 218 Å². The van der Waals surface area contributed by atoms with Crippen LogP contribution in [0.25, 0.3) is 86.9 Å². The molecule has 0 saturated heterocycles. The molecule has 15 aromatic rings. The van der Waals surface area contributed by atoms with E-state index in [4.69, 9.17) is 0 Å². The first kappa shape index (κ1) is 46.0. The van der Waals surface area contributed by atoms with Crippen molar-refractivity contribution in [3.8, 4) is 22.3 Å². The van der Waals surface area contributed by atoms with E-state index in [0.717, 1.165) is 68.2 Å². The molecule has 0 aromatic heterocycles. The normalized spacial score (nSPS) is 12.8. The van der Waals surface area contributed by atoms with Gasteiger partial charge in [-0.15, -0.1) is 0 Å². The zero-order valence-electron chi connectivity index (χ0n) is 44.7. The van der Waals surface area contributed by atoms with Gasteiger partial charge >= 0.3 is 0 Å². The third-order valence-electron chi connectivity index (χ3n) is 17.2. The molecule has 0 spiro atoms. The Bertz CT molecular complexity index is 4680. The van der Waals surface area contributed by atoms with Crippen molar-refractivity contribution in [2.45, 2.75) is 0 Å². The van der Waals surface area contributed by atoms with Crippen molar-refractivity contribution < 1.29 is 0 Å². The molecule has 0 aliphatic carbocycles. The van der Waals surface area contributed by atoms with Crippen LogP contribution in [0.2, 0.25) is 0 Å². The van der Waals surface area contributed by atoms with Gasteiger partial charge < -0.3 is 19.6 Å². The summed E-state index contributed by atoms with van der Waals surface area (Å²) in [6.45, 7) is 0. The summed E-state index contributed by atoms with van der Waals surface area (Å²) in [7, 11) is 0. The molecule has 0 unspecified atom stereocenters. The first-order chi connectivity index (χ1) is 40.7. The third kappa shape index (κ3) is 6.92. The largest absolute Gasteiger partial charge is 0.306 e. The van der Waals surface area contributed by atoms with Crippen LogP contribution in [0.15, 0.2) is 303 Å². The topological polar surface area (TPSA) is 13.0 Å². The van der Waals surface area contributed by atoms with Crippen molar-refractivity contribution in [1.82, 2.24) is 0 Å². The summed E-state index contributed by atoms with van der Waals surface area (Å²) < 4.78 is 0. The van der Waals surface area contributed by atoms with E-state index >= 15 is 0 Å². The number of nitrogens with zero attached hydrogens (tertiary/aromatic N) is 4. The van der Waals surface area contributed by atoms with Gasteiger partial charge in [0.25, 0.3) is 0 Å². The van der Waals surface area contributed by atoms with Crippen LogP contribution in [0, 0.1) is 0 Å². The molecule has 2 aliphatic rings. The number of hydrogen-bond donors (Lipinski definition) is 0. The van der Waals surface area contributed by atoms with Crippen LogP contribution in [0.1, 0.15) is 0 Å². The van der Waals surface area contributed by atoms with E-state index in [-0.39, 0.29) is 0 Å². The zero-order valence-corrected chi connectivity index (χ0v) is 44.7. The predicted molar refractivity (Wildman–Crippen MR) is 348 cm³/mol. The molecule has 2 aliphatic heterocycles. The summed E-state index contributed by atoms with van der Waals surface area (Å²) in [5.41, 5.74) is 18.2. The second kappa shape index (κ2) is 18.3. The summed E-state index contributed by atoms with van der Waals surface area (Å²) in [6, 6.07) is 112. The van der Waals surface area contributed by atoms with E-state index < -0.39 is 0 Å². The fourth-order valence-electron chi connectivity index (χ4n) is 13.7. The number of hydrogen-bond acceptors (Lipinski definition) is 4. The Balaban J connectivity index is 0.949. The maximum Gasteiger partial charge on any atom is 0.0703 e. The van der Waals surface area contributed by atoms with Crippen molar-refractivity contribution in [3.63, 3.8) is 0 Å². The van der Waals surface area contributed by atoms with Crippen molar-refractivity contribution in [2.24, 2.45) is 0 Å². The van der Waals surface area contributed by atoms with E-state index in [1.54, 1.807) is 0 Å². The highest BCUT2D eigenvalue weighted by molar-refractivity contribution is 6.27. The number of rotatable bonds is 6. The van der Waals surface area contributed by atoms with Crippen LogP contribution in [-0.4, -0.2) is 0 Å². The molecule has 0 atom stereocenters. The lowest BCUT2D eigenvalue weighted by atomic mass is 9.83. The molecule has 4 nitrogen and oxygen atoms in total. The molecule has 82 heavy (non-hydrogen) atoms. The second-order valence-corrected chi connectivity index (χ2v) is 21.6. The highest BCUT2D eigenvalue weighted by atomic mass is 15.3. The summed E-state index contributed by atoms with van der Waals surface area (Å²) in [5, 5.41) is 14.4. The molecule has 0 N–H and O–H groups in total. The fourth-order valence-corrected chi connectivity index (χ4v) is 13.7. The molecular formula is C78H50N4. The Morgan fingerprint density at radius 3 is 0.768 bits per heavy atom. The standard InChI is InChI=1S/C78H50N4/c1-5-29-57-51(21-1)25-17-33-61(57)77-63-47-45-56(80-71-37-11-15-41-75(71)82(76-42-16-12-38-72(76)80)68-44-20-28-54-24-4-8-32-60(54)68)50-66(63)78(62-34-18-26-52-22-2-6-30-58(52)62)64-48-46-55(49-65(64)77)79-69-35-9-13-39-73(69)81(74-40-14-10-36-70(74)79)67-43-19-27-53-23-3-7-31-59(53)67/h1-50H. The summed E-state index contributed by atoms with van der Waals surface area (Å²) in [6.07, 6.45) is 0. The molecule has 4 heteroatoms. The molecule has 0 fully saturated rings. The first-order valence-electron chi connectivity index (χ1n) is 28.3. The third-order valence-corrected chi connectivity index (χ3v) is 17.2. The molecule has 0 amide bonds. The number of fused-ring (bicyclic) bond motifs is 10. The van der Waals surface area contributed by atoms with Gasteiger partial charge in [0.2, 0.25) is 0 Å². The lowest BCUT2D eigenvalue weighted by Crippen LogP contribution is -2.24. The van der Waals surface area contributed by atoms with E-state index in [1.165, 1.54) is 86.9 Å². The van der Waals surface area contributed by atoms with Crippen molar-refractivity contribution in [1.29, 1.82) is 0 Å². The van der Waals surface area contributed by atoms with Crippen LogP contribution < -0.4 is 19.6 Å². The van der Waals surface area contributed by atoms with Crippen LogP contribution in [0.3, 0.4) is 0 Å². The van der Waals surface area contributed by atoms with Crippen LogP contribution in [0.5, 0.6) is 0 Å². The van der Waals surface area contributed by atoms with Crippen molar-refractivity contribution >= 4 is 133 Å². The van der Waals surface area contributed by atoms with E-state index in [2.05, 4.69) is 323 Å². The Hall–Kier alpha value is -10.9. The number of para-hydroxylation sites is 8. The summed E-state index contributed by atoms with van der Waals surface area (Å²) >= 11 is 0. The van der Waals surface area contributed by atoms with Gasteiger partial charge in [0, 0.05) is 22.1 Å². The minimum atomic E-state index is 1.09. The van der Waals surface area contributed by atoms with Gasteiger partial charge in [-0.3, -0.25) is 0 Å². The quantitative estimate of drug-likeness (QED) is 0.154. The predicted octanol–water partition coefficient (Wildman–Crippen LogP) is 22.4. The molecule has 0 bridgehead atoms. The zero-order chi connectivity index (χ0) is 53.8. The lowest BCUT2D eigenvalue weighted by molar-refractivity contribution is 1.18. The van der Waals surface area contributed by atoms with Gasteiger partial charge in [-0.25, -0.2) is 0 Å². The molecule has 0 radical (unpaired) electrons. The van der Waals surface area contributed by atoms with Gasteiger partial charge in [-0.05, 0) is 161 Å². The smallest absolute Gasteiger partial charge is 0.0703 e. The van der Waals surface area contributed by atoms with Crippen molar-refractivity contribution in [3.05, 3.63) is 303 Å². The summed E-state index contributed by atoms with van der Waals surface area (Å²) in [4.78, 5) is 9.87. The molecular weight excluding hydrogens is 993 g/mol. The van der Waals surface area contributed by atoms with E-state index in [0.29, 0.717) is 0 Å². The number of anilines is 12. The fraction of sp³-hybridized carbons (Fsp3) is 0. The maximum atomic E-state index is 2.48. The lowest BCUT2D eigenvalue weighted by Gasteiger charge is -2.41. The average Bonchev–Trinajstić information content (AvgIpc) is 1.74. The Morgan fingerprint density at radius 2 is 0.415 bits per heavy atom. The monoisotopic (exact) mass is 1040 g/mol. The van der Waals surface area contributed by atoms with Gasteiger partial charge in [-0.2, -0.15) is 0 Å².